The van der Waals surface area contributed by atoms with Gasteiger partial charge in [-0.05, 0) is 50.5 Å². The van der Waals surface area contributed by atoms with Gasteiger partial charge in [0.25, 0.3) is 0 Å². The molecule has 0 saturated heterocycles. The Morgan fingerprint density at radius 3 is 2.62 bits per heavy atom. The molecule has 1 aromatic carbocycles. The first kappa shape index (κ1) is 16.6. The van der Waals surface area contributed by atoms with Crippen LogP contribution < -0.4 is 11.1 Å². The maximum Gasteiger partial charge on any atom is 0.228 e. The van der Waals surface area contributed by atoms with Crippen LogP contribution in [-0.4, -0.2) is 21.0 Å². The van der Waals surface area contributed by atoms with Gasteiger partial charge in [-0.2, -0.15) is 15.0 Å². The van der Waals surface area contributed by atoms with Crippen LogP contribution in [0.1, 0.15) is 50.2 Å². The second-order valence-electron chi connectivity index (χ2n) is 6.46. The predicted octanol–water partition coefficient (Wildman–Crippen LogP) is 3.70. The van der Waals surface area contributed by atoms with E-state index >= 15 is 0 Å². The van der Waals surface area contributed by atoms with Gasteiger partial charge in [-0.3, -0.25) is 0 Å². The molecule has 1 saturated carbocycles. The fourth-order valence-electron chi connectivity index (χ4n) is 2.91. The van der Waals surface area contributed by atoms with Crippen LogP contribution in [-0.2, 0) is 6.42 Å². The summed E-state index contributed by atoms with van der Waals surface area (Å²) in [6, 6.07) is 10.8. The van der Waals surface area contributed by atoms with E-state index in [2.05, 4.69) is 44.5 Å². The predicted molar refractivity (Wildman–Crippen MR) is 93.3 cm³/mol. The minimum absolute atomic E-state index is 0.0610. The number of hydrogen-bond donors (Lipinski definition) is 2. The van der Waals surface area contributed by atoms with Crippen molar-refractivity contribution >= 4 is 11.9 Å². The zero-order valence-electron chi connectivity index (χ0n) is 14.0. The van der Waals surface area contributed by atoms with E-state index in [0.29, 0.717) is 17.9 Å². The van der Waals surface area contributed by atoms with Gasteiger partial charge in [0.15, 0.2) is 12.0 Å². The molecule has 1 fully saturated rings. The van der Waals surface area contributed by atoms with E-state index in [1.807, 2.05) is 6.07 Å². The highest BCUT2D eigenvalue weighted by molar-refractivity contribution is 5.33. The molecule has 1 aromatic heterocycles. The van der Waals surface area contributed by atoms with Gasteiger partial charge in [0.1, 0.15) is 0 Å². The van der Waals surface area contributed by atoms with Gasteiger partial charge in [0.2, 0.25) is 11.9 Å². The van der Waals surface area contributed by atoms with Crippen molar-refractivity contribution in [3.05, 3.63) is 41.7 Å². The van der Waals surface area contributed by atoms with Crippen molar-refractivity contribution in [2.24, 2.45) is 5.92 Å². The summed E-state index contributed by atoms with van der Waals surface area (Å²) in [6.45, 7) is 1.40. The number of nitrogen functional groups attached to an aromatic ring is 1. The van der Waals surface area contributed by atoms with E-state index in [9.17, 15) is 4.39 Å². The molecule has 6 heteroatoms. The Morgan fingerprint density at radius 1 is 1.21 bits per heavy atom. The number of benzene rings is 1. The zero-order valence-corrected chi connectivity index (χ0v) is 14.0. The summed E-state index contributed by atoms with van der Waals surface area (Å²) < 4.78 is 13.5. The van der Waals surface area contributed by atoms with Crippen molar-refractivity contribution in [1.82, 2.24) is 15.0 Å². The lowest BCUT2D eigenvalue weighted by Crippen LogP contribution is -2.24. The van der Waals surface area contributed by atoms with Crippen molar-refractivity contribution < 1.29 is 4.39 Å². The van der Waals surface area contributed by atoms with Crippen LogP contribution in [0.15, 0.2) is 30.3 Å². The summed E-state index contributed by atoms with van der Waals surface area (Å²) >= 11 is 0. The number of aryl methyl sites for hydroxylation is 1. The van der Waals surface area contributed by atoms with Gasteiger partial charge < -0.3 is 11.1 Å². The molecule has 0 spiro atoms. The second kappa shape index (κ2) is 7.55. The van der Waals surface area contributed by atoms with Crippen molar-refractivity contribution in [3.63, 3.8) is 0 Å². The molecule has 0 aliphatic heterocycles. The smallest absolute Gasteiger partial charge is 0.228 e. The lowest BCUT2D eigenvalue weighted by atomic mass is 10.0. The Morgan fingerprint density at radius 2 is 1.96 bits per heavy atom. The Kier molecular flexibility index (Phi) is 5.23. The van der Waals surface area contributed by atoms with Gasteiger partial charge >= 0.3 is 0 Å². The largest absolute Gasteiger partial charge is 0.368 e. The number of aromatic nitrogens is 3. The summed E-state index contributed by atoms with van der Waals surface area (Å²) in [4.78, 5) is 12.1. The summed E-state index contributed by atoms with van der Waals surface area (Å²) in [7, 11) is 0. The van der Waals surface area contributed by atoms with Crippen molar-refractivity contribution in [3.8, 4) is 0 Å². The van der Waals surface area contributed by atoms with Gasteiger partial charge in [-0.25, -0.2) is 4.39 Å². The number of alkyl halides is 1. The van der Waals surface area contributed by atoms with Crippen LogP contribution in [0, 0.1) is 5.92 Å². The highest BCUT2D eigenvalue weighted by atomic mass is 19.1. The quantitative estimate of drug-likeness (QED) is 0.772. The van der Waals surface area contributed by atoms with Crippen LogP contribution >= 0.6 is 0 Å². The third-order valence-electron chi connectivity index (χ3n) is 4.35. The first-order chi connectivity index (χ1) is 11.6. The monoisotopic (exact) mass is 329 g/mol. The second-order valence-corrected chi connectivity index (χ2v) is 6.46. The molecule has 0 bridgehead atoms. The third kappa shape index (κ3) is 4.63. The van der Waals surface area contributed by atoms with E-state index < -0.39 is 6.17 Å². The maximum absolute atomic E-state index is 13.5. The highest BCUT2D eigenvalue weighted by Crippen LogP contribution is 2.36. The topological polar surface area (TPSA) is 76.7 Å². The van der Waals surface area contributed by atoms with Crippen LogP contribution in [0.4, 0.5) is 16.3 Å². The molecule has 24 heavy (non-hydrogen) atoms. The SMILES string of the molecule is C[C@H](F)c1nc(N)nc(NC(CCCc2ccccc2)C2CC2)n1. The molecule has 0 radical (unpaired) electrons. The molecular formula is C18H24FN5. The van der Waals surface area contributed by atoms with Crippen molar-refractivity contribution in [1.29, 1.82) is 0 Å². The van der Waals surface area contributed by atoms with Gasteiger partial charge in [-0.15, -0.1) is 0 Å². The zero-order chi connectivity index (χ0) is 16.9. The molecule has 3 N–H and O–H groups in total. The Bertz CT molecular complexity index is 658. The van der Waals surface area contributed by atoms with Crippen molar-refractivity contribution in [2.75, 3.05) is 11.1 Å². The fourth-order valence-corrected chi connectivity index (χ4v) is 2.91. The number of nitrogens with two attached hydrogens (primary N) is 1. The molecular weight excluding hydrogens is 305 g/mol. The highest BCUT2D eigenvalue weighted by Gasteiger charge is 2.31. The molecule has 3 rings (SSSR count). The number of anilines is 2. The molecule has 0 amide bonds. The number of hydrogen-bond acceptors (Lipinski definition) is 5. The number of nitrogens with zero attached hydrogens (tertiary/aromatic N) is 3. The van der Waals surface area contributed by atoms with Crippen molar-refractivity contribution in [2.45, 2.75) is 51.2 Å². The van der Waals surface area contributed by atoms with E-state index in [0.717, 1.165) is 19.3 Å². The van der Waals surface area contributed by atoms with Crippen LogP contribution in [0.2, 0.25) is 0 Å². The molecule has 1 aliphatic rings. The minimum Gasteiger partial charge on any atom is -0.368 e. The Hall–Kier alpha value is -2.24. The fraction of sp³-hybridized carbons (Fsp3) is 0.500. The maximum atomic E-state index is 13.5. The van der Waals surface area contributed by atoms with Crippen LogP contribution in [0.5, 0.6) is 0 Å². The molecule has 2 atom stereocenters. The first-order valence-corrected chi connectivity index (χ1v) is 8.58. The van der Waals surface area contributed by atoms with Gasteiger partial charge in [0.05, 0.1) is 0 Å². The molecule has 5 nitrogen and oxygen atoms in total. The minimum atomic E-state index is -1.26. The number of halogens is 1. The first-order valence-electron chi connectivity index (χ1n) is 8.58. The average molecular weight is 329 g/mol. The van der Waals surface area contributed by atoms with E-state index in [1.54, 1.807) is 0 Å². The molecule has 128 valence electrons. The number of nitrogens with one attached hydrogen (secondary N) is 1. The average Bonchev–Trinajstić information content (AvgIpc) is 3.39. The Balaban J connectivity index is 1.60. The number of rotatable bonds is 8. The molecule has 1 unspecified atom stereocenters. The Labute approximate surface area is 141 Å². The summed E-state index contributed by atoms with van der Waals surface area (Å²) in [5.41, 5.74) is 7.02. The van der Waals surface area contributed by atoms with Gasteiger partial charge in [0, 0.05) is 6.04 Å². The summed E-state index contributed by atoms with van der Waals surface area (Å²) in [5, 5.41) is 3.35. The summed E-state index contributed by atoms with van der Waals surface area (Å²) in [6.07, 6.45) is 4.36. The third-order valence-corrected chi connectivity index (χ3v) is 4.35. The van der Waals surface area contributed by atoms with Gasteiger partial charge in [-0.1, -0.05) is 30.3 Å². The van der Waals surface area contributed by atoms with E-state index in [1.165, 1.54) is 25.3 Å². The van der Waals surface area contributed by atoms with Crippen LogP contribution in [0.25, 0.3) is 0 Å². The normalized spacial score (nSPS) is 16.6. The van der Waals surface area contributed by atoms with E-state index in [-0.39, 0.29) is 11.8 Å². The molecule has 1 aliphatic carbocycles. The summed E-state index contributed by atoms with van der Waals surface area (Å²) in [5.74, 6) is 1.18. The lowest BCUT2D eigenvalue weighted by molar-refractivity contribution is 0.356. The molecule has 1 heterocycles. The molecule has 2 aromatic rings. The standard InChI is InChI=1S/C18H24FN5/c1-12(19)16-22-17(20)24-18(23-16)21-15(14-10-11-14)9-5-8-13-6-3-2-4-7-13/h2-4,6-7,12,14-15H,5,8-11H2,1H3,(H3,20,21,22,23,24)/t12-,15?/m0/s1. The van der Waals surface area contributed by atoms with E-state index in [4.69, 9.17) is 5.73 Å². The lowest BCUT2D eigenvalue weighted by Gasteiger charge is -2.18. The van der Waals surface area contributed by atoms with Crippen LogP contribution in [0.3, 0.4) is 0 Å².